The van der Waals surface area contributed by atoms with E-state index in [1.54, 1.807) is 0 Å². The molecule has 0 saturated carbocycles. The first-order chi connectivity index (χ1) is 23.7. The van der Waals surface area contributed by atoms with Crippen molar-refractivity contribution in [1.29, 1.82) is 0 Å². The second kappa shape index (κ2) is 13.0. The van der Waals surface area contributed by atoms with Gasteiger partial charge in [-0.25, -0.2) is 0 Å². The molecule has 0 amide bonds. The Morgan fingerprint density at radius 3 is 2.00 bits per heavy atom. The highest BCUT2D eigenvalue weighted by atomic mass is 15.1. The number of hydrogen-bond acceptors (Lipinski definition) is 1. The standard InChI is InChI=1S/C47H41N/c1-3-11-35-23-29-46-45(44(35)4-2)28-24-36-16-17-40(32-47(36)46)37-18-19-39-31-43(27-22-38(39)30-37)48(41-14-9-6-10-15-41)42-25-20-34(21-26-42)33-12-7-5-8-13-33/h4-5,7-8,11-14,16-32H,3,6,9-10,15H2,1-2H3/b35-11-,44-4+. The minimum Gasteiger partial charge on any atom is -0.315 e. The third-order valence-electron chi connectivity index (χ3n) is 10.0. The molecular formula is C47H41N. The molecule has 8 rings (SSSR count). The van der Waals surface area contributed by atoms with E-state index in [0.717, 1.165) is 19.3 Å². The molecule has 7 aromatic carbocycles. The zero-order valence-electron chi connectivity index (χ0n) is 27.9. The van der Waals surface area contributed by atoms with Crippen LogP contribution in [0.2, 0.25) is 0 Å². The summed E-state index contributed by atoms with van der Waals surface area (Å²) in [5.74, 6) is 0. The lowest BCUT2D eigenvalue weighted by Crippen LogP contribution is -2.24. The Labute approximate surface area is 283 Å². The van der Waals surface area contributed by atoms with Crippen molar-refractivity contribution >= 4 is 55.8 Å². The fourth-order valence-corrected chi connectivity index (χ4v) is 7.57. The molecule has 0 heterocycles. The van der Waals surface area contributed by atoms with E-state index in [1.807, 2.05) is 0 Å². The summed E-state index contributed by atoms with van der Waals surface area (Å²) >= 11 is 0. The van der Waals surface area contributed by atoms with Gasteiger partial charge in [-0.15, -0.1) is 0 Å². The fourth-order valence-electron chi connectivity index (χ4n) is 7.57. The Hall–Kier alpha value is -5.40. The minimum absolute atomic E-state index is 1.03. The third kappa shape index (κ3) is 5.60. The molecule has 0 saturated heterocycles. The number of anilines is 2. The van der Waals surface area contributed by atoms with Gasteiger partial charge in [0.1, 0.15) is 0 Å². The van der Waals surface area contributed by atoms with E-state index in [9.17, 15) is 0 Å². The van der Waals surface area contributed by atoms with Crippen LogP contribution in [0, 0.1) is 0 Å². The molecule has 1 heteroatoms. The molecule has 0 spiro atoms. The van der Waals surface area contributed by atoms with Crippen LogP contribution in [0.15, 0.2) is 145 Å². The molecule has 0 aliphatic heterocycles. The molecule has 0 N–H and O–H groups in total. The second-order valence-corrected chi connectivity index (χ2v) is 13.0. The van der Waals surface area contributed by atoms with Crippen LogP contribution in [-0.4, -0.2) is 0 Å². The van der Waals surface area contributed by atoms with Gasteiger partial charge in [0.05, 0.1) is 0 Å². The van der Waals surface area contributed by atoms with Gasteiger partial charge < -0.3 is 4.90 Å². The van der Waals surface area contributed by atoms with Crippen molar-refractivity contribution in [2.24, 2.45) is 0 Å². The van der Waals surface area contributed by atoms with Crippen molar-refractivity contribution < 1.29 is 0 Å². The molecule has 0 radical (unpaired) electrons. The van der Waals surface area contributed by atoms with Crippen molar-refractivity contribution in [3.63, 3.8) is 0 Å². The van der Waals surface area contributed by atoms with Crippen LogP contribution < -0.4 is 15.3 Å². The lowest BCUT2D eigenvalue weighted by Gasteiger charge is -2.30. The largest absolute Gasteiger partial charge is 0.315 e. The lowest BCUT2D eigenvalue weighted by atomic mass is 9.94. The van der Waals surface area contributed by atoms with Crippen molar-refractivity contribution in [3.05, 3.63) is 156 Å². The SMILES string of the molecule is C/C=c1\c(=C/CC)ccc2c1ccc1ccc(-c3ccc4cc(N(C5=CCCCC5)c5ccc(-c6ccccc6)cc5)ccc4c3)cc12. The number of hydrogen-bond donors (Lipinski definition) is 0. The van der Waals surface area contributed by atoms with Gasteiger partial charge in [0.2, 0.25) is 0 Å². The van der Waals surface area contributed by atoms with Crippen LogP contribution in [0.1, 0.15) is 46.0 Å². The topological polar surface area (TPSA) is 3.24 Å². The molecule has 1 nitrogen and oxygen atoms in total. The van der Waals surface area contributed by atoms with Gasteiger partial charge >= 0.3 is 0 Å². The molecule has 0 aromatic heterocycles. The summed E-state index contributed by atoms with van der Waals surface area (Å²) in [5, 5.41) is 10.4. The predicted molar refractivity (Wildman–Crippen MR) is 209 cm³/mol. The maximum Gasteiger partial charge on any atom is 0.0464 e. The van der Waals surface area contributed by atoms with Crippen LogP contribution in [0.4, 0.5) is 11.4 Å². The summed E-state index contributed by atoms with van der Waals surface area (Å²) in [7, 11) is 0. The predicted octanol–water partition coefficient (Wildman–Crippen LogP) is 12.1. The summed E-state index contributed by atoms with van der Waals surface area (Å²) in [4.78, 5) is 2.47. The van der Waals surface area contributed by atoms with Crippen LogP contribution in [-0.2, 0) is 0 Å². The summed E-state index contributed by atoms with van der Waals surface area (Å²) in [6.45, 7) is 4.35. The van der Waals surface area contributed by atoms with E-state index in [1.165, 1.54) is 94.9 Å². The van der Waals surface area contributed by atoms with Crippen molar-refractivity contribution in [2.75, 3.05) is 4.90 Å². The molecule has 0 bridgehead atoms. The molecule has 0 atom stereocenters. The van der Waals surface area contributed by atoms with E-state index < -0.39 is 0 Å². The van der Waals surface area contributed by atoms with Crippen LogP contribution >= 0.6 is 0 Å². The number of nitrogens with zero attached hydrogens (tertiary/aromatic N) is 1. The Bertz CT molecular complexity index is 2430. The number of fused-ring (bicyclic) bond motifs is 4. The summed E-state index contributed by atoms with van der Waals surface area (Å²) in [6, 6.07) is 49.7. The fraction of sp³-hybridized carbons (Fsp3) is 0.149. The zero-order chi connectivity index (χ0) is 32.5. The van der Waals surface area contributed by atoms with Gasteiger partial charge in [-0.3, -0.25) is 0 Å². The van der Waals surface area contributed by atoms with Gasteiger partial charge in [0.25, 0.3) is 0 Å². The van der Waals surface area contributed by atoms with E-state index in [-0.39, 0.29) is 0 Å². The average molecular weight is 620 g/mol. The number of benzene rings is 7. The highest BCUT2D eigenvalue weighted by Gasteiger charge is 2.17. The average Bonchev–Trinajstić information content (AvgIpc) is 3.15. The Balaban J connectivity index is 1.17. The quantitative estimate of drug-likeness (QED) is 0.167. The normalized spacial score (nSPS) is 14.2. The van der Waals surface area contributed by atoms with Crippen molar-refractivity contribution in [1.82, 2.24) is 0 Å². The van der Waals surface area contributed by atoms with E-state index in [0.29, 0.717) is 0 Å². The monoisotopic (exact) mass is 619 g/mol. The highest BCUT2D eigenvalue weighted by molar-refractivity contribution is 6.09. The molecule has 1 aliphatic carbocycles. The molecule has 0 unspecified atom stereocenters. The molecule has 234 valence electrons. The van der Waals surface area contributed by atoms with E-state index in [2.05, 4.69) is 170 Å². The van der Waals surface area contributed by atoms with Gasteiger partial charge in [0.15, 0.2) is 0 Å². The van der Waals surface area contributed by atoms with Gasteiger partial charge in [-0.2, -0.15) is 0 Å². The summed E-state index contributed by atoms with van der Waals surface area (Å²) in [6.07, 6.45) is 12.8. The Kier molecular flexibility index (Phi) is 8.12. The van der Waals surface area contributed by atoms with Crippen LogP contribution in [0.3, 0.4) is 0 Å². The lowest BCUT2D eigenvalue weighted by molar-refractivity contribution is 0.691. The minimum atomic E-state index is 1.03. The van der Waals surface area contributed by atoms with Gasteiger partial charge in [-0.1, -0.05) is 122 Å². The molecule has 48 heavy (non-hydrogen) atoms. The molecule has 0 fully saturated rings. The van der Waals surface area contributed by atoms with Crippen LogP contribution in [0.5, 0.6) is 0 Å². The highest BCUT2D eigenvalue weighted by Crippen LogP contribution is 2.38. The van der Waals surface area contributed by atoms with E-state index >= 15 is 0 Å². The Morgan fingerprint density at radius 2 is 1.23 bits per heavy atom. The third-order valence-corrected chi connectivity index (χ3v) is 10.0. The second-order valence-electron chi connectivity index (χ2n) is 13.0. The van der Waals surface area contributed by atoms with Crippen molar-refractivity contribution in [2.45, 2.75) is 46.0 Å². The van der Waals surface area contributed by atoms with Gasteiger partial charge in [0, 0.05) is 17.1 Å². The first-order valence-corrected chi connectivity index (χ1v) is 17.5. The first-order valence-electron chi connectivity index (χ1n) is 17.5. The zero-order valence-corrected chi connectivity index (χ0v) is 27.9. The molecule has 7 aromatic rings. The van der Waals surface area contributed by atoms with Crippen molar-refractivity contribution in [3.8, 4) is 22.3 Å². The first kappa shape index (κ1) is 30.0. The summed E-state index contributed by atoms with van der Waals surface area (Å²) in [5.41, 5.74) is 8.82. The molecular weight excluding hydrogens is 579 g/mol. The van der Waals surface area contributed by atoms with Crippen LogP contribution in [0.25, 0.3) is 66.7 Å². The number of allylic oxidation sites excluding steroid dienone is 2. The maximum atomic E-state index is 2.47. The number of rotatable bonds is 6. The molecule has 1 aliphatic rings. The smallest absolute Gasteiger partial charge is 0.0464 e. The van der Waals surface area contributed by atoms with E-state index in [4.69, 9.17) is 0 Å². The summed E-state index contributed by atoms with van der Waals surface area (Å²) < 4.78 is 0. The maximum absolute atomic E-state index is 2.47. The Morgan fingerprint density at radius 1 is 0.562 bits per heavy atom. The van der Waals surface area contributed by atoms with Gasteiger partial charge in [-0.05, 0) is 140 Å².